The number of hydrogen-bond acceptors (Lipinski definition) is 3. The lowest BCUT2D eigenvalue weighted by Gasteiger charge is -2.17. The highest BCUT2D eigenvalue weighted by Crippen LogP contribution is 2.19. The summed E-state index contributed by atoms with van der Waals surface area (Å²) in [5.41, 5.74) is 3.31. The first-order chi connectivity index (χ1) is 10.7. The van der Waals surface area contributed by atoms with Crippen molar-refractivity contribution in [1.82, 2.24) is 15.3 Å². The van der Waals surface area contributed by atoms with Crippen LogP contribution in [0.4, 0.5) is 0 Å². The number of aromatic nitrogens is 2. The fourth-order valence-corrected chi connectivity index (χ4v) is 2.71. The van der Waals surface area contributed by atoms with E-state index < -0.39 is 6.10 Å². The van der Waals surface area contributed by atoms with E-state index in [0.29, 0.717) is 6.54 Å². The molecule has 114 valence electrons. The van der Waals surface area contributed by atoms with Gasteiger partial charge in [-0.2, -0.15) is 0 Å². The van der Waals surface area contributed by atoms with Gasteiger partial charge in [-0.3, -0.25) is 4.98 Å². The zero-order chi connectivity index (χ0) is 15.4. The Morgan fingerprint density at radius 1 is 1.23 bits per heavy atom. The van der Waals surface area contributed by atoms with Gasteiger partial charge in [0.25, 0.3) is 0 Å². The lowest BCUT2D eigenvalue weighted by molar-refractivity contribution is 0.170. The van der Waals surface area contributed by atoms with Gasteiger partial charge in [0.05, 0.1) is 6.10 Å². The van der Waals surface area contributed by atoms with Gasteiger partial charge in [-0.1, -0.05) is 24.3 Å². The second-order valence-corrected chi connectivity index (χ2v) is 5.68. The van der Waals surface area contributed by atoms with Crippen LogP contribution < -0.4 is 5.32 Å². The average Bonchev–Trinajstić information content (AvgIpc) is 2.97. The molecule has 0 spiro atoms. The molecule has 2 aromatic heterocycles. The molecule has 0 amide bonds. The third kappa shape index (κ3) is 3.35. The largest absolute Gasteiger partial charge is 0.387 e. The van der Waals surface area contributed by atoms with Crippen molar-refractivity contribution in [2.75, 3.05) is 6.54 Å². The molecule has 0 fully saturated rings. The van der Waals surface area contributed by atoms with E-state index in [4.69, 9.17) is 0 Å². The number of rotatable bonds is 6. The summed E-state index contributed by atoms with van der Waals surface area (Å²) in [4.78, 5) is 7.33. The van der Waals surface area contributed by atoms with Crippen molar-refractivity contribution >= 4 is 10.9 Å². The molecule has 3 N–H and O–H groups in total. The molecule has 3 rings (SSSR count). The quantitative estimate of drug-likeness (QED) is 0.655. The molecule has 3 aromatic rings. The fraction of sp³-hybridized carbons (Fsp3) is 0.278. The molecular formula is C18H21N3O. The summed E-state index contributed by atoms with van der Waals surface area (Å²) in [7, 11) is 0. The van der Waals surface area contributed by atoms with Crippen molar-refractivity contribution in [3.8, 4) is 0 Å². The van der Waals surface area contributed by atoms with Crippen molar-refractivity contribution in [3.63, 3.8) is 0 Å². The number of aliphatic hydroxyl groups is 1. The van der Waals surface area contributed by atoms with Crippen LogP contribution in [0.25, 0.3) is 10.9 Å². The van der Waals surface area contributed by atoms with Crippen LogP contribution in [0.3, 0.4) is 0 Å². The third-order valence-electron chi connectivity index (χ3n) is 3.93. The van der Waals surface area contributed by atoms with Gasteiger partial charge in [-0.25, -0.2) is 0 Å². The van der Waals surface area contributed by atoms with Gasteiger partial charge in [-0.15, -0.1) is 0 Å². The number of hydrogen-bond donors (Lipinski definition) is 3. The molecule has 0 bridgehead atoms. The maximum Gasteiger partial charge on any atom is 0.0929 e. The van der Waals surface area contributed by atoms with Crippen LogP contribution in [0.15, 0.2) is 55.0 Å². The van der Waals surface area contributed by atoms with Gasteiger partial charge in [0, 0.05) is 47.6 Å². The van der Waals surface area contributed by atoms with Crippen molar-refractivity contribution in [1.29, 1.82) is 0 Å². The van der Waals surface area contributed by atoms with Crippen LogP contribution >= 0.6 is 0 Å². The Bertz CT molecular complexity index is 723. The Morgan fingerprint density at radius 2 is 2.09 bits per heavy atom. The highest BCUT2D eigenvalue weighted by atomic mass is 16.3. The minimum absolute atomic E-state index is 0.283. The number of nitrogens with one attached hydrogen (secondary N) is 2. The van der Waals surface area contributed by atoms with E-state index in [1.165, 1.54) is 16.5 Å². The highest BCUT2D eigenvalue weighted by molar-refractivity contribution is 5.83. The summed E-state index contributed by atoms with van der Waals surface area (Å²) in [6, 6.07) is 12.3. The molecule has 0 aliphatic carbocycles. The summed E-state index contributed by atoms with van der Waals surface area (Å²) >= 11 is 0. The maximum absolute atomic E-state index is 10.2. The second-order valence-electron chi connectivity index (χ2n) is 5.68. The number of fused-ring (bicyclic) bond motifs is 1. The predicted octanol–water partition coefficient (Wildman–Crippen LogP) is 2.82. The monoisotopic (exact) mass is 295 g/mol. The molecule has 4 nitrogen and oxygen atoms in total. The number of para-hydroxylation sites is 1. The number of aliphatic hydroxyl groups excluding tert-OH is 1. The van der Waals surface area contributed by atoms with Gasteiger partial charge < -0.3 is 15.4 Å². The molecule has 0 saturated carbocycles. The van der Waals surface area contributed by atoms with Gasteiger partial charge in [0.2, 0.25) is 0 Å². The predicted molar refractivity (Wildman–Crippen MR) is 88.7 cm³/mol. The van der Waals surface area contributed by atoms with E-state index in [1.54, 1.807) is 12.4 Å². The Hall–Kier alpha value is -2.17. The molecule has 4 heteroatoms. The molecule has 0 unspecified atom stereocenters. The van der Waals surface area contributed by atoms with E-state index in [0.717, 1.165) is 12.0 Å². The molecule has 0 radical (unpaired) electrons. The summed E-state index contributed by atoms with van der Waals surface area (Å²) < 4.78 is 0. The van der Waals surface area contributed by atoms with Gasteiger partial charge >= 0.3 is 0 Å². The number of nitrogens with zero attached hydrogens (tertiary/aromatic N) is 1. The molecular weight excluding hydrogens is 274 g/mol. The van der Waals surface area contributed by atoms with Gasteiger partial charge in [-0.05, 0) is 31.0 Å². The van der Waals surface area contributed by atoms with Crippen molar-refractivity contribution in [2.24, 2.45) is 0 Å². The van der Waals surface area contributed by atoms with E-state index in [2.05, 4.69) is 46.6 Å². The molecule has 0 saturated heterocycles. The topological polar surface area (TPSA) is 60.9 Å². The van der Waals surface area contributed by atoms with Crippen LogP contribution in [0, 0.1) is 0 Å². The minimum atomic E-state index is -0.529. The first-order valence-electron chi connectivity index (χ1n) is 7.60. The smallest absolute Gasteiger partial charge is 0.0929 e. The van der Waals surface area contributed by atoms with Crippen LogP contribution in [0.5, 0.6) is 0 Å². The Balaban J connectivity index is 1.57. The molecule has 2 heterocycles. The zero-order valence-electron chi connectivity index (χ0n) is 12.7. The maximum atomic E-state index is 10.2. The Morgan fingerprint density at radius 3 is 2.91 bits per heavy atom. The second kappa shape index (κ2) is 6.73. The minimum Gasteiger partial charge on any atom is -0.387 e. The van der Waals surface area contributed by atoms with Crippen LogP contribution in [-0.2, 0) is 6.42 Å². The van der Waals surface area contributed by atoms with E-state index >= 15 is 0 Å². The molecule has 2 atom stereocenters. The van der Waals surface area contributed by atoms with Crippen LogP contribution in [0.2, 0.25) is 0 Å². The number of H-pyrrole nitrogens is 1. The number of benzene rings is 1. The lowest BCUT2D eigenvalue weighted by atomic mass is 10.1. The highest BCUT2D eigenvalue weighted by Gasteiger charge is 2.11. The Kier molecular flexibility index (Phi) is 4.51. The van der Waals surface area contributed by atoms with Gasteiger partial charge in [0.1, 0.15) is 0 Å². The first-order valence-corrected chi connectivity index (χ1v) is 7.60. The summed E-state index contributed by atoms with van der Waals surface area (Å²) in [5.74, 6) is 0. The van der Waals surface area contributed by atoms with Crippen molar-refractivity contribution < 1.29 is 5.11 Å². The fourth-order valence-electron chi connectivity index (χ4n) is 2.71. The first kappa shape index (κ1) is 14.8. The SMILES string of the molecule is C[C@H](Cc1c[nH]c2ccccc12)NC[C@H](O)c1cccnc1. The molecule has 1 aromatic carbocycles. The van der Waals surface area contributed by atoms with Crippen LogP contribution in [-0.4, -0.2) is 27.7 Å². The van der Waals surface area contributed by atoms with Gasteiger partial charge in [0.15, 0.2) is 0 Å². The summed E-state index contributed by atoms with van der Waals surface area (Å²) in [6.45, 7) is 2.66. The molecule has 0 aliphatic rings. The van der Waals surface area contributed by atoms with Crippen LogP contribution in [0.1, 0.15) is 24.2 Å². The Labute approximate surface area is 130 Å². The molecule has 22 heavy (non-hydrogen) atoms. The number of aromatic amines is 1. The lowest BCUT2D eigenvalue weighted by Crippen LogP contribution is -2.32. The van der Waals surface area contributed by atoms with E-state index in [1.807, 2.05) is 18.2 Å². The molecule has 0 aliphatic heterocycles. The standard InChI is InChI=1S/C18H21N3O/c1-13(20-12-18(22)14-5-4-8-19-10-14)9-15-11-21-17-7-3-2-6-16(15)17/h2-8,10-11,13,18,20-22H,9,12H2,1H3/t13-,18+/m1/s1. The number of pyridine rings is 1. The van der Waals surface area contributed by atoms with Crippen molar-refractivity contribution in [2.45, 2.75) is 25.5 Å². The van der Waals surface area contributed by atoms with Crippen molar-refractivity contribution in [3.05, 3.63) is 66.1 Å². The summed E-state index contributed by atoms with van der Waals surface area (Å²) in [6.07, 6.45) is 5.88. The summed E-state index contributed by atoms with van der Waals surface area (Å²) in [5, 5.41) is 14.8. The average molecular weight is 295 g/mol. The normalized spacial score (nSPS) is 14.1. The third-order valence-corrected chi connectivity index (χ3v) is 3.93. The zero-order valence-corrected chi connectivity index (χ0v) is 12.7. The van der Waals surface area contributed by atoms with E-state index in [-0.39, 0.29) is 6.04 Å². The van der Waals surface area contributed by atoms with E-state index in [9.17, 15) is 5.11 Å².